The zero-order chi connectivity index (χ0) is 20.6. The number of carbonyl (C=O) groups is 2. The molecule has 0 aromatic heterocycles. The monoisotopic (exact) mass is 390 g/mol. The molecule has 0 radical (unpaired) electrons. The van der Waals surface area contributed by atoms with E-state index >= 15 is 0 Å². The van der Waals surface area contributed by atoms with Crippen LogP contribution in [0.1, 0.15) is 26.3 Å². The molecule has 0 saturated heterocycles. The van der Waals surface area contributed by atoms with Crippen molar-refractivity contribution < 1.29 is 19.9 Å². The lowest BCUT2D eigenvalue weighted by atomic mass is 10.0. The van der Waals surface area contributed by atoms with Gasteiger partial charge in [0.1, 0.15) is 0 Å². The topological polar surface area (TPSA) is 89.9 Å². The predicted octanol–water partition coefficient (Wildman–Crippen LogP) is 3.11. The molecular weight excluding hydrogens is 368 g/mol. The summed E-state index contributed by atoms with van der Waals surface area (Å²) in [5.74, 6) is -0.700. The first-order chi connectivity index (χ1) is 14.1. The number of carbonyl (C=O) groups excluding carboxylic acids is 2. The molecule has 0 saturated carbocycles. The third-order valence-electron chi connectivity index (χ3n) is 4.56. The Morgan fingerprint density at radius 2 is 1.55 bits per heavy atom. The zero-order valence-electron chi connectivity index (χ0n) is 15.8. The Kier molecular flexibility index (Phi) is 6.73. The normalized spacial score (nSPS) is 10.4. The van der Waals surface area contributed by atoms with E-state index in [9.17, 15) is 14.7 Å². The molecule has 3 N–H and O–H groups in total. The summed E-state index contributed by atoms with van der Waals surface area (Å²) < 4.78 is 0. The van der Waals surface area contributed by atoms with E-state index in [0.717, 1.165) is 16.7 Å². The molecule has 0 bridgehead atoms. The second kappa shape index (κ2) is 9.64. The first-order valence-electron chi connectivity index (χ1n) is 9.21. The molecular formula is C23H22N2O4. The van der Waals surface area contributed by atoms with Gasteiger partial charge >= 0.3 is 0 Å². The standard InChI is InChI=1S/C23H22N2O4/c26-14-13-25(23(28)20-6-2-1-3-7-20)16-17-5-4-8-21(15-17)18-9-11-19(12-10-18)22(27)24-29/h1-12,15,26,29H,13-14,16H2,(H,24,27). The molecule has 0 atom stereocenters. The van der Waals surface area contributed by atoms with Crippen LogP contribution in [0, 0.1) is 0 Å². The Hall–Kier alpha value is -3.48. The van der Waals surface area contributed by atoms with Crippen LogP contribution in [-0.4, -0.2) is 40.2 Å². The minimum Gasteiger partial charge on any atom is -0.395 e. The van der Waals surface area contributed by atoms with Gasteiger partial charge in [-0.2, -0.15) is 0 Å². The maximum absolute atomic E-state index is 12.8. The Morgan fingerprint density at radius 1 is 0.828 bits per heavy atom. The molecule has 148 valence electrons. The summed E-state index contributed by atoms with van der Waals surface area (Å²) in [5, 5.41) is 18.1. The van der Waals surface area contributed by atoms with Crippen molar-refractivity contribution >= 4 is 11.8 Å². The van der Waals surface area contributed by atoms with Crippen molar-refractivity contribution in [2.45, 2.75) is 6.54 Å². The summed E-state index contributed by atoms with van der Waals surface area (Å²) in [4.78, 5) is 25.9. The van der Waals surface area contributed by atoms with Crippen LogP contribution in [0.4, 0.5) is 0 Å². The molecule has 3 aromatic carbocycles. The first kappa shape index (κ1) is 20.3. The molecule has 0 aliphatic rings. The number of amides is 2. The summed E-state index contributed by atoms with van der Waals surface area (Å²) in [6, 6.07) is 23.6. The third kappa shape index (κ3) is 5.07. The molecule has 0 fully saturated rings. The van der Waals surface area contributed by atoms with Gasteiger partial charge in [-0.05, 0) is 47.0 Å². The molecule has 2 amide bonds. The quantitative estimate of drug-likeness (QED) is 0.427. The molecule has 6 nitrogen and oxygen atoms in total. The fourth-order valence-electron chi connectivity index (χ4n) is 3.08. The van der Waals surface area contributed by atoms with Crippen LogP contribution in [0.5, 0.6) is 0 Å². The maximum atomic E-state index is 12.8. The highest BCUT2D eigenvalue weighted by molar-refractivity contribution is 5.94. The van der Waals surface area contributed by atoms with Crippen molar-refractivity contribution in [1.82, 2.24) is 10.4 Å². The largest absolute Gasteiger partial charge is 0.395 e. The zero-order valence-corrected chi connectivity index (χ0v) is 15.8. The second-order valence-electron chi connectivity index (χ2n) is 6.53. The van der Waals surface area contributed by atoms with Crippen LogP contribution in [0.25, 0.3) is 11.1 Å². The lowest BCUT2D eigenvalue weighted by Gasteiger charge is -2.22. The molecule has 0 aliphatic heterocycles. The maximum Gasteiger partial charge on any atom is 0.274 e. The van der Waals surface area contributed by atoms with E-state index in [1.807, 2.05) is 42.5 Å². The SMILES string of the molecule is O=C(NO)c1ccc(-c2cccc(CN(CCO)C(=O)c3ccccc3)c2)cc1. The number of hydrogen-bond acceptors (Lipinski definition) is 4. The number of hydrogen-bond donors (Lipinski definition) is 3. The number of rotatable bonds is 7. The van der Waals surface area contributed by atoms with Gasteiger partial charge in [0.25, 0.3) is 11.8 Å². The minimum atomic E-state index is -0.565. The van der Waals surface area contributed by atoms with Gasteiger partial charge in [0.2, 0.25) is 0 Å². The number of aliphatic hydroxyl groups excluding tert-OH is 1. The smallest absolute Gasteiger partial charge is 0.274 e. The Balaban J connectivity index is 1.80. The Morgan fingerprint density at radius 3 is 2.21 bits per heavy atom. The molecule has 29 heavy (non-hydrogen) atoms. The molecule has 0 spiro atoms. The summed E-state index contributed by atoms with van der Waals surface area (Å²) >= 11 is 0. The van der Waals surface area contributed by atoms with E-state index in [0.29, 0.717) is 17.7 Å². The van der Waals surface area contributed by atoms with Gasteiger partial charge in [-0.15, -0.1) is 0 Å². The fraction of sp³-hybridized carbons (Fsp3) is 0.130. The van der Waals surface area contributed by atoms with E-state index in [1.165, 1.54) is 0 Å². The van der Waals surface area contributed by atoms with Crippen LogP contribution in [0.3, 0.4) is 0 Å². The third-order valence-corrected chi connectivity index (χ3v) is 4.56. The van der Waals surface area contributed by atoms with Crippen molar-refractivity contribution in [3.05, 3.63) is 95.6 Å². The summed E-state index contributed by atoms with van der Waals surface area (Å²) in [5.41, 5.74) is 5.32. The molecule has 3 aromatic rings. The Bertz CT molecular complexity index is 972. The van der Waals surface area contributed by atoms with E-state index in [1.54, 1.807) is 46.8 Å². The number of benzene rings is 3. The van der Waals surface area contributed by atoms with Crippen LogP contribution in [0.2, 0.25) is 0 Å². The summed E-state index contributed by atoms with van der Waals surface area (Å²) in [6.07, 6.45) is 0. The van der Waals surface area contributed by atoms with Crippen LogP contribution < -0.4 is 5.48 Å². The van der Waals surface area contributed by atoms with Gasteiger partial charge in [-0.3, -0.25) is 14.8 Å². The van der Waals surface area contributed by atoms with Crippen molar-refractivity contribution in [2.75, 3.05) is 13.2 Å². The molecule has 6 heteroatoms. The number of hydroxylamine groups is 1. The number of nitrogens with one attached hydrogen (secondary N) is 1. The van der Waals surface area contributed by atoms with Gasteiger partial charge in [-0.1, -0.05) is 48.5 Å². The van der Waals surface area contributed by atoms with Gasteiger partial charge in [-0.25, -0.2) is 5.48 Å². The Labute approximate surface area is 169 Å². The highest BCUT2D eigenvalue weighted by Gasteiger charge is 2.16. The van der Waals surface area contributed by atoms with Crippen LogP contribution in [0.15, 0.2) is 78.9 Å². The van der Waals surface area contributed by atoms with E-state index in [-0.39, 0.29) is 19.1 Å². The van der Waals surface area contributed by atoms with Crippen molar-refractivity contribution in [3.63, 3.8) is 0 Å². The molecule has 0 heterocycles. The summed E-state index contributed by atoms with van der Waals surface area (Å²) in [6.45, 7) is 0.489. The van der Waals surface area contributed by atoms with Crippen molar-refractivity contribution in [2.24, 2.45) is 0 Å². The van der Waals surface area contributed by atoms with Crippen molar-refractivity contribution in [3.8, 4) is 11.1 Å². The van der Waals surface area contributed by atoms with Crippen LogP contribution >= 0.6 is 0 Å². The highest BCUT2D eigenvalue weighted by atomic mass is 16.5. The first-order valence-corrected chi connectivity index (χ1v) is 9.21. The highest BCUT2D eigenvalue weighted by Crippen LogP contribution is 2.22. The van der Waals surface area contributed by atoms with Gasteiger partial charge < -0.3 is 10.0 Å². The predicted molar refractivity (Wildman–Crippen MR) is 109 cm³/mol. The lowest BCUT2D eigenvalue weighted by molar-refractivity contribution is 0.0702. The van der Waals surface area contributed by atoms with E-state index in [4.69, 9.17) is 5.21 Å². The number of nitrogens with zero attached hydrogens (tertiary/aromatic N) is 1. The van der Waals surface area contributed by atoms with Gasteiger partial charge in [0.15, 0.2) is 0 Å². The molecule has 0 aliphatic carbocycles. The van der Waals surface area contributed by atoms with Gasteiger partial charge in [0.05, 0.1) is 6.61 Å². The van der Waals surface area contributed by atoms with Crippen molar-refractivity contribution in [1.29, 1.82) is 0 Å². The van der Waals surface area contributed by atoms with Gasteiger partial charge in [0, 0.05) is 24.2 Å². The fourth-order valence-corrected chi connectivity index (χ4v) is 3.08. The molecule has 0 unspecified atom stereocenters. The van der Waals surface area contributed by atoms with E-state index in [2.05, 4.69) is 0 Å². The van der Waals surface area contributed by atoms with Crippen LogP contribution in [-0.2, 0) is 6.54 Å². The average Bonchev–Trinajstić information content (AvgIpc) is 2.78. The summed E-state index contributed by atoms with van der Waals surface area (Å²) in [7, 11) is 0. The average molecular weight is 390 g/mol. The lowest BCUT2D eigenvalue weighted by Crippen LogP contribution is -2.33. The van der Waals surface area contributed by atoms with E-state index < -0.39 is 5.91 Å². The second-order valence-corrected chi connectivity index (χ2v) is 6.53. The minimum absolute atomic E-state index is 0.118. The number of aliphatic hydroxyl groups is 1. The molecule has 3 rings (SSSR count).